The molecule has 2 rings (SSSR count). The molecule has 0 unspecified atom stereocenters. The summed E-state index contributed by atoms with van der Waals surface area (Å²) < 4.78 is 4.76. The zero-order valence-corrected chi connectivity index (χ0v) is 12.4. The molecule has 2 fully saturated rings. The van der Waals surface area contributed by atoms with Gasteiger partial charge >= 0.3 is 5.97 Å². The first kappa shape index (κ1) is 14.7. The number of esters is 1. The van der Waals surface area contributed by atoms with Gasteiger partial charge in [-0.25, -0.2) is 0 Å². The predicted octanol–water partition coefficient (Wildman–Crippen LogP) is 1.93. The maximum Gasteiger partial charge on any atom is 0.308 e. The molecule has 19 heavy (non-hydrogen) atoms. The number of rotatable bonds is 3. The normalized spacial score (nSPS) is 22.3. The van der Waals surface area contributed by atoms with Crippen molar-refractivity contribution in [1.82, 2.24) is 4.90 Å². The molecule has 108 valence electrons. The second-order valence-corrected chi connectivity index (χ2v) is 6.66. The fourth-order valence-corrected chi connectivity index (χ4v) is 4.06. The highest BCUT2D eigenvalue weighted by atomic mass is 32.2. The van der Waals surface area contributed by atoms with E-state index in [1.54, 1.807) is 0 Å². The van der Waals surface area contributed by atoms with E-state index >= 15 is 0 Å². The van der Waals surface area contributed by atoms with Gasteiger partial charge in [0, 0.05) is 19.5 Å². The molecule has 2 aliphatic rings. The molecule has 1 amide bonds. The third-order valence-electron chi connectivity index (χ3n) is 4.19. The van der Waals surface area contributed by atoms with Gasteiger partial charge < -0.3 is 9.64 Å². The Bertz CT molecular complexity index is 321. The molecule has 0 saturated carbocycles. The average Bonchev–Trinajstić information content (AvgIpc) is 2.47. The predicted molar refractivity (Wildman–Crippen MR) is 76.0 cm³/mol. The van der Waals surface area contributed by atoms with Gasteiger partial charge in [-0.3, -0.25) is 9.59 Å². The molecule has 0 radical (unpaired) electrons. The van der Waals surface area contributed by atoms with E-state index in [4.69, 9.17) is 4.74 Å². The largest absolute Gasteiger partial charge is 0.469 e. The Morgan fingerprint density at radius 3 is 2.37 bits per heavy atom. The maximum atomic E-state index is 12.2. The molecule has 2 heterocycles. The summed E-state index contributed by atoms with van der Waals surface area (Å²) in [6, 6.07) is 0. The lowest BCUT2D eigenvalue weighted by Crippen LogP contribution is -2.41. The molecule has 0 N–H and O–H groups in total. The summed E-state index contributed by atoms with van der Waals surface area (Å²) in [7, 11) is 1.43. The average molecular weight is 285 g/mol. The summed E-state index contributed by atoms with van der Waals surface area (Å²) in [5, 5.41) is 0. The number of ether oxygens (including phenoxy) is 1. The van der Waals surface area contributed by atoms with Crippen molar-refractivity contribution < 1.29 is 14.3 Å². The summed E-state index contributed by atoms with van der Waals surface area (Å²) in [5.41, 5.74) is 0. The molecule has 0 spiro atoms. The zero-order chi connectivity index (χ0) is 13.7. The Balaban J connectivity index is 1.74. The van der Waals surface area contributed by atoms with Crippen LogP contribution in [0.2, 0.25) is 0 Å². The number of methoxy groups -OCH3 is 1. The van der Waals surface area contributed by atoms with Gasteiger partial charge in [0.05, 0.1) is 13.0 Å². The quantitative estimate of drug-likeness (QED) is 0.743. The van der Waals surface area contributed by atoms with Crippen LogP contribution in [0.25, 0.3) is 0 Å². The van der Waals surface area contributed by atoms with Crippen LogP contribution >= 0.6 is 11.8 Å². The molecule has 0 atom stereocenters. The number of carbonyl (C=O) groups is 2. The van der Waals surface area contributed by atoms with Gasteiger partial charge in [0.25, 0.3) is 0 Å². The molecule has 0 aromatic carbocycles. The fraction of sp³-hybridized carbons (Fsp3) is 0.857. The van der Waals surface area contributed by atoms with Gasteiger partial charge in [-0.1, -0.05) is 0 Å². The van der Waals surface area contributed by atoms with Crippen LogP contribution in [0.4, 0.5) is 0 Å². The lowest BCUT2D eigenvalue weighted by atomic mass is 9.94. The van der Waals surface area contributed by atoms with Crippen LogP contribution in [0.1, 0.15) is 32.1 Å². The molecule has 5 heteroatoms. The highest BCUT2D eigenvalue weighted by Crippen LogP contribution is 2.27. The van der Waals surface area contributed by atoms with Gasteiger partial charge in [0.15, 0.2) is 0 Å². The molecule has 0 aromatic heterocycles. The van der Waals surface area contributed by atoms with Crippen molar-refractivity contribution >= 4 is 23.6 Å². The molecule has 0 bridgehead atoms. The summed E-state index contributed by atoms with van der Waals surface area (Å²) >= 11 is 1.99. The second-order valence-electron chi connectivity index (χ2n) is 5.44. The third kappa shape index (κ3) is 4.13. The van der Waals surface area contributed by atoms with Crippen LogP contribution in [0.15, 0.2) is 0 Å². The van der Waals surface area contributed by atoms with Crippen molar-refractivity contribution in [3.63, 3.8) is 0 Å². The number of hydrogen-bond donors (Lipinski definition) is 0. The minimum atomic E-state index is -0.128. The Morgan fingerprint density at radius 2 is 1.79 bits per heavy atom. The van der Waals surface area contributed by atoms with E-state index in [-0.39, 0.29) is 17.8 Å². The number of amides is 1. The minimum Gasteiger partial charge on any atom is -0.469 e. The van der Waals surface area contributed by atoms with Gasteiger partial charge in [-0.15, -0.1) is 0 Å². The van der Waals surface area contributed by atoms with E-state index in [1.807, 2.05) is 16.7 Å². The highest BCUT2D eigenvalue weighted by Gasteiger charge is 2.29. The van der Waals surface area contributed by atoms with Crippen molar-refractivity contribution in [2.24, 2.45) is 11.8 Å². The summed E-state index contributed by atoms with van der Waals surface area (Å²) in [6.45, 7) is 1.42. The molecular formula is C14H23NO3S. The second kappa shape index (κ2) is 7.17. The van der Waals surface area contributed by atoms with Crippen molar-refractivity contribution in [2.45, 2.75) is 32.1 Å². The Hall–Kier alpha value is -0.710. The monoisotopic (exact) mass is 285 g/mol. The van der Waals surface area contributed by atoms with Gasteiger partial charge in [0.1, 0.15) is 0 Å². The van der Waals surface area contributed by atoms with Gasteiger partial charge in [-0.2, -0.15) is 11.8 Å². The number of nitrogens with zero attached hydrogens (tertiary/aromatic N) is 1. The number of carbonyl (C=O) groups excluding carboxylic acids is 2. The molecular weight excluding hydrogens is 262 g/mol. The standard InChI is InChI=1S/C14H23NO3S/c1-18-14(17)12-2-6-15(7-3-12)13(16)10-11-4-8-19-9-5-11/h11-12H,2-10H2,1H3. The number of hydrogen-bond acceptors (Lipinski definition) is 4. The van der Waals surface area contributed by atoms with E-state index in [0.29, 0.717) is 25.4 Å². The summed E-state index contributed by atoms with van der Waals surface area (Å²) in [4.78, 5) is 25.6. The van der Waals surface area contributed by atoms with Crippen LogP contribution in [0.5, 0.6) is 0 Å². The van der Waals surface area contributed by atoms with Crippen molar-refractivity contribution in [1.29, 1.82) is 0 Å². The number of piperidine rings is 1. The summed E-state index contributed by atoms with van der Waals surface area (Å²) in [6.07, 6.45) is 4.55. The topological polar surface area (TPSA) is 46.6 Å². The van der Waals surface area contributed by atoms with Crippen molar-refractivity contribution in [2.75, 3.05) is 31.7 Å². The van der Waals surface area contributed by atoms with E-state index in [2.05, 4.69) is 0 Å². The third-order valence-corrected chi connectivity index (χ3v) is 5.24. The van der Waals surface area contributed by atoms with Gasteiger partial charge in [0.2, 0.25) is 5.91 Å². The minimum absolute atomic E-state index is 0.0138. The van der Waals surface area contributed by atoms with E-state index < -0.39 is 0 Å². The Labute approximate surface area is 119 Å². The Morgan fingerprint density at radius 1 is 1.16 bits per heavy atom. The van der Waals surface area contributed by atoms with E-state index in [9.17, 15) is 9.59 Å². The van der Waals surface area contributed by atoms with E-state index in [1.165, 1.54) is 31.5 Å². The maximum absolute atomic E-state index is 12.2. The first-order valence-corrected chi connectivity index (χ1v) is 8.29. The Kier molecular flexibility index (Phi) is 5.55. The smallest absolute Gasteiger partial charge is 0.308 e. The van der Waals surface area contributed by atoms with Crippen molar-refractivity contribution in [3.8, 4) is 0 Å². The molecule has 4 nitrogen and oxygen atoms in total. The van der Waals surface area contributed by atoms with Crippen LogP contribution in [-0.4, -0.2) is 48.5 Å². The highest BCUT2D eigenvalue weighted by molar-refractivity contribution is 7.99. The van der Waals surface area contributed by atoms with Gasteiger partial charge in [-0.05, 0) is 43.1 Å². The lowest BCUT2D eigenvalue weighted by molar-refractivity contribution is -0.149. The number of likely N-dealkylation sites (tertiary alicyclic amines) is 1. The summed E-state index contributed by atoms with van der Waals surface area (Å²) in [5.74, 6) is 3.11. The van der Waals surface area contributed by atoms with Crippen LogP contribution in [-0.2, 0) is 14.3 Å². The van der Waals surface area contributed by atoms with Crippen molar-refractivity contribution in [3.05, 3.63) is 0 Å². The van der Waals surface area contributed by atoms with E-state index in [0.717, 1.165) is 12.8 Å². The molecule has 2 aliphatic heterocycles. The first-order chi connectivity index (χ1) is 9.20. The zero-order valence-electron chi connectivity index (χ0n) is 11.6. The lowest BCUT2D eigenvalue weighted by Gasteiger charge is -2.32. The van der Waals surface area contributed by atoms with Crippen LogP contribution in [0.3, 0.4) is 0 Å². The SMILES string of the molecule is COC(=O)C1CCN(C(=O)CC2CCSCC2)CC1. The fourth-order valence-electron chi connectivity index (χ4n) is 2.86. The molecule has 2 saturated heterocycles. The first-order valence-electron chi connectivity index (χ1n) is 7.14. The molecule has 0 aromatic rings. The molecule has 0 aliphatic carbocycles. The van der Waals surface area contributed by atoms with Crippen LogP contribution in [0, 0.1) is 11.8 Å². The van der Waals surface area contributed by atoms with Crippen LogP contribution < -0.4 is 0 Å². The number of thioether (sulfide) groups is 1.